The van der Waals surface area contributed by atoms with Gasteiger partial charge in [0.05, 0.1) is 6.61 Å². The lowest BCUT2D eigenvalue weighted by atomic mass is 9.85. The summed E-state index contributed by atoms with van der Waals surface area (Å²) in [5.74, 6) is -0.473. The van der Waals surface area contributed by atoms with Gasteiger partial charge in [0.15, 0.2) is 6.29 Å². The van der Waals surface area contributed by atoms with Crippen LogP contribution in [-0.2, 0) is 9.53 Å². The fourth-order valence-corrected chi connectivity index (χ4v) is 1.76. The Morgan fingerprint density at radius 3 is 2.44 bits per heavy atom. The molecule has 0 aromatic carbocycles. The molecule has 5 N–H and O–H groups in total. The standard InChI is InChI=1S/C9H17NO6/c1-4(12)10-9(2)7(14)6(13)5(3-11)16-8(9)15/h5-8,11,13-15H,3H2,1-2H3,(H,10,12)/t5-,6-,7+,8-,9-/m1/s1. The quantitative estimate of drug-likeness (QED) is 0.355. The molecule has 7 heteroatoms. The Labute approximate surface area is 92.7 Å². The minimum absolute atomic E-state index is 0.473. The first-order chi connectivity index (χ1) is 7.32. The number of nitrogens with one attached hydrogen (secondary N) is 1. The number of rotatable bonds is 2. The van der Waals surface area contributed by atoms with Crippen LogP contribution in [0.25, 0.3) is 0 Å². The molecule has 1 amide bonds. The summed E-state index contributed by atoms with van der Waals surface area (Å²) in [5.41, 5.74) is -1.50. The van der Waals surface area contributed by atoms with Crippen LogP contribution in [0.3, 0.4) is 0 Å². The van der Waals surface area contributed by atoms with E-state index in [1.807, 2.05) is 0 Å². The van der Waals surface area contributed by atoms with Gasteiger partial charge >= 0.3 is 0 Å². The number of aliphatic hydroxyl groups excluding tert-OH is 4. The summed E-state index contributed by atoms with van der Waals surface area (Å²) in [6.07, 6.45) is -5.40. The summed E-state index contributed by atoms with van der Waals surface area (Å²) in [7, 11) is 0. The van der Waals surface area contributed by atoms with Crippen LogP contribution in [0.2, 0.25) is 0 Å². The number of carbonyl (C=O) groups is 1. The first-order valence-electron chi connectivity index (χ1n) is 4.92. The van der Waals surface area contributed by atoms with Gasteiger partial charge < -0.3 is 30.5 Å². The molecule has 1 rings (SSSR count). The molecular weight excluding hydrogens is 218 g/mol. The third-order valence-electron chi connectivity index (χ3n) is 2.76. The van der Waals surface area contributed by atoms with Gasteiger partial charge in [-0.15, -0.1) is 0 Å². The summed E-state index contributed by atoms with van der Waals surface area (Å²) in [4.78, 5) is 10.9. The van der Waals surface area contributed by atoms with Crippen molar-refractivity contribution < 1.29 is 30.0 Å². The van der Waals surface area contributed by atoms with Gasteiger partial charge in [-0.1, -0.05) is 0 Å². The maximum atomic E-state index is 10.9. The lowest BCUT2D eigenvalue weighted by Gasteiger charge is -2.47. The molecule has 16 heavy (non-hydrogen) atoms. The minimum Gasteiger partial charge on any atom is -0.394 e. The second-order valence-corrected chi connectivity index (χ2v) is 4.11. The zero-order valence-electron chi connectivity index (χ0n) is 9.12. The van der Waals surface area contributed by atoms with Crippen molar-refractivity contribution in [3.8, 4) is 0 Å². The maximum absolute atomic E-state index is 10.9. The highest BCUT2D eigenvalue weighted by Crippen LogP contribution is 2.28. The van der Waals surface area contributed by atoms with Crippen LogP contribution in [0.5, 0.6) is 0 Å². The summed E-state index contributed by atoms with van der Waals surface area (Å²) in [5, 5.41) is 40.2. The smallest absolute Gasteiger partial charge is 0.217 e. The normalized spacial score (nSPS) is 44.1. The average Bonchev–Trinajstić information content (AvgIpc) is 2.20. The SMILES string of the molecule is CC(=O)N[C@@]1(C)[C@H](O)O[C@H](CO)[C@@H](O)[C@@H]1O. The highest BCUT2D eigenvalue weighted by molar-refractivity contribution is 5.74. The first-order valence-corrected chi connectivity index (χ1v) is 4.92. The number of amides is 1. The molecule has 5 atom stereocenters. The topological polar surface area (TPSA) is 119 Å². The van der Waals surface area contributed by atoms with Crippen LogP contribution >= 0.6 is 0 Å². The summed E-state index contributed by atoms with van der Waals surface area (Å²) in [6, 6.07) is 0. The second-order valence-electron chi connectivity index (χ2n) is 4.11. The zero-order chi connectivity index (χ0) is 12.5. The van der Waals surface area contributed by atoms with Gasteiger partial charge in [0, 0.05) is 6.92 Å². The third kappa shape index (κ3) is 2.18. The molecule has 0 aromatic heterocycles. The number of ether oxygens (including phenoxy) is 1. The fraction of sp³-hybridized carbons (Fsp3) is 0.889. The summed E-state index contributed by atoms with van der Waals surface area (Å²) in [6.45, 7) is 2.03. The molecule has 94 valence electrons. The van der Waals surface area contributed by atoms with Crippen molar-refractivity contribution in [1.29, 1.82) is 0 Å². The summed E-state index contributed by atoms with van der Waals surface area (Å²) < 4.78 is 4.92. The van der Waals surface area contributed by atoms with Crippen molar-refractivity contribution in [3.63, 3.8) is 0 Å². The molecule has 0 spiro atoms. The van der Waals surface area contributed by atoms with E-state index in [0.717, 1.165) is 0 Å². The van der Waals surface area contributed by atoms with E-state index >= 15 is 0 Å². The lowest BCUT2D eigenvalue weighted by Crippen LogP contribution is -2.71. The number of aliphatic hydroxyl groups is 4. The van der Waals surface area contributed by atoms with E-state index in [-0.39, 0.29) is 0 Å². The molecule has 0 bridgehead atoms. The van der Waals surface area contributed by atoms with E-state index in [2.05, 4.69) is 5.32 Å². The Balaban J connectivity index is 2.90. The van der Waals surface area contributed by atoms with Crippen molar-refractivity contribution in [2.75, 3.05) is 6.61 Å². The molecule has 1 fully saturated rings. The van der Waals surface area contributed by atoms with E-state index in [0.29, 0.717) is 0 Å². The molecule has 1 aliphatic heterocycles. The lowest BCUT2D eigenvalue weighted by molar-refractivity contribution is -0.279. The van der Waals surface area contributed by atoms with E-state index in [4.69, 9.17) is 9.84 Å². The Kier molecular flexibility index (Phi) is 3.87. The average molecular weight is 235 g/mol. The summed E-state index contributed by atoms with van der Waals surface area (Å²) >= 11 is 0. The fourth-order valence-electron chi connectivity index (χ4n) is 1.76. The molecule has 1 heterocycles. The van der Waals surface area contributed by atoms with Crippen LogP contribution in [0.1, 0.15) is 13.8 Å². The highest BCUT2D eigenvalue weighted by atomic mass is 16.6. The molecule has 0 unspecified atom stereocenters. The Morgan fingerprint density at radius 2 is 2.00 bits per heavy atom. The largest absolute Gasteiger partial charge is 0.394 e. The van der Waals surface area contributed by atoms with Gasteiger partial charge in [-0.05, 0) is 6.92 Å². The Morgan fingerprint density at radius 1 is 1.44 bits per heavy atom. The molecule has 1 saturated heterocycles. The third-order valence-corrected chi connectivity index (χ3v) is 2.76. The van der Waals surface area contributed by atoms with Crippen molar-refractivity contribution in [1.82, 2.24) is 5.32 Å². The number of hydrogen-bond donors (Lipinski definition) is 5. The van der Waals surface area contributed by atoms with Gasteiger partial charge in [-0.2, -0.15) is 0 Å². The van der Waals surface area contributed by atoms with E-state index in [1.54, 1.807) is 0 Å². The predicted molar refractivity (Wildman–Crippen MR) is 52.2 cm³/mol. The van der Waals surface area contributed by atoms with Crippen LogP contribution in [0, 0.1) is 0 Å². The predicted octanol–water partition coefficient (Wildman–Crippen LogP) is -2.69. The molecular formula is C9H17NO6. The molecule has 0 radical (unpaired) electrons. The highest BCUT2D eigenvalue weighted by Gasteiger charge is 2.52. The van der Waals surface area contributed by atoms with E-state index in [9.17, 15) is 20.1 Å². The van der Waals surface area contributed by atoms with E-state index in [1.165, 1.54) is 13.8 Å². The molecule has 0 aliphatic carbocycles. The monoisotopic (exact) mass is 235 g/mol. The zero-order valence-corrected chi connectivity index (χ0v) is 9.12. The number of carbonyl (C=O) groups excluding carboxylic acids is 1. The molecule has 1 aliphatic rings. The van der Waals surface area contributed by atoms with Gasteiger partial charge in [-0.25, -0.2) is 0 Å². The van der Waals surface area contributed by atoms with Crippen LogP contribution < -0.4 is 5.32 Å². The van der Waals surface area contributed by atoms with Crippen molar-refractivity contribution in [2.45, 2.75) is 44.0 Å². The van der Waals surface area contributed by atoms with Gasteiger partial charge in [0.1, 0.15) is 23.9 Å². The van der Waals surface area contributed by atoms with Crippen LogP contribution in [-0.4, -0.2) is 63.1 Å². The maximum Gasteiger partial charge on any atom is 0.217 e. The Bertz CT molecular complexity index is 273. The van der Waals surface area contributed by atoms with Crippen LogP contribution in [0.4, 0.5) is 0 Å². The van der Waals surface area contributed by atoms with Crippen LogP contribution in [0.15, 0.2) is 0 Å². The Hall–Kier alpha value is -0.730. The molecule has 0 aromatic rings. The van der Waals surface area contributed by atoms with Crippen molar-refractivity contribution in [2.24, 2.45) is 0 Å². The van der Waals surface area contributed by atoms with E-state index < -0.39 is 42.7 Å². The van der Waals surface area contributed by atoms with Gasteiger partial charge in [0.2, 0.25) is 5.91 Å². The second kappa shape index (κ2) is 4.64. The van der Waals surface area contributed by atoms with Gasteiger partial charge in [-0.3, -0.25) is 4.79 Å². The van der Waals surface area contributed by atoms with Gasteiger partial charge in [0.25, 0.3) is 0 Å². The van der Waals surface area contributed by atoms with Crippen molar-refractivity contribution in [3.05, 3.63) is 0 Å². The minimum atomic E-state index is -1.51. The van der Waals surface area contributed by atoms with Crippen molar-refractivity contribution >= 4 is 5.91 Å². The first kappa shape index (κ1) is 13.3. The molecule has 7 nitrogen and oxygen atoms in total. The molecule has 0 saturated carbocycles. The number of hydrogen-bond acceptors (Lipinski definition) is 6.